The number of anilines is 1. The molecule has 2 rings (SSSR count). The van der Waals surface area contributed by atoms with Crippen molar-refractivity contribution in [1.82, 2.24) is 10.2 Å². The van der Waals surface area contributed by atoms with E-state index in [1.165, 1.54) is 11.0 Å². The molecule has 0 fully saturated rings. The summed E-state index contributed by atoms with van der Waals surface area (Å²) in [5, 5.41) is 2.83. The Kier molecular flexibility index (Phi) is 11.6. The number of benzene rings is 2. The van der Waals surface area contributed by atoms with Gasteiger partial charge in [-0.2, -0.15) is 13.2 Å². The lowest BCUT2D eigenvalue weighted by Gasteiger charge is -2.29. The van der Waals surface area contributed by atoms with Crippen LogP contribution in [0.15, 0.2) is 53.0 Å². The summed E-state index contributed by atoms with van der Waals surface area (Å²) in [6.45, 7) is 4.08. The Bertz CT molecular complexity index is 1190. The minimum atomic E-state index is -4.63. The Balaban J connectivity index is 2.19. The summed E-state index contributed by atoms with van der Waals surface area (Å²) in [5.74, 6) is -0.672. The van der Waals surface area contributed by atoms with Crippen LogP contribution in [-0.2, 0) is 32.3 Å². The molecule has 38 heavy (non-hydrogen) atoms. The zero-order chi connectivity index (χ0) is 28.5. The first kappa shape index (κ1) is 31.6. The Morgan fingerprint density at radius 1 is 1.08 bits per heavy atom. The number of carbonyl (C=O) groups is 2. The van der Waals surface area contributed by atoms with Gasteiger partial charge in [-0.15, -0.1) is 0 Å². The summed E-state index contributed by atoms with van der Waals surface area (Å²) >= 11 is 3.37. The molecule has 2 aromatic carbocycles. The summed E-state index contributed by atoms with van der Waals surface area (Å²) in [6, 6.07) is 10.6. The fourth-order valence-electron chi connectivity index (χ4n) is 3.75. The molecule has 2 amide bonds. The number of nitrogens with one attached hydrogen (secondary N) is 1. The number of halogens is 4. The first-order valence-corrected chi connectivity index (χ1v) is 14.8. The van der Waals surface area contributed by atoms with Gasteiger partial charge < -0.3 is 10.2 Å². The van der Waals surface area contributed by atoms with E-state index >= 15 is 0 Å². The summed E-state index contributed by atoms with van der Waals surface area (Å²) in [5.41, 5.74) is -0.301. The average Bonchev–Trinajstić information content (AvgIpc) is 2.84. The van der Waals surface area contributed by atoms with Crippen molar-refractivity contribution in [2.24, 2.45) is 0 Å². The van der Waals surface area contributed by atoms with E-state index in [1.54, 1.807) is 6.92 Å². The maximum Gasteiger partial charge on any atom is 0.416 e. The van der Waals surface area contributed by atoms with Gasteiger partial charge in [-0.05, 0) is 55.7 Å². The van der Waals surface area contributed by atoms with Crippen molar-refractivity contribution < 1.29 is 31.2 Å². The molecular weight excluding hydrogens is 587 g/mol. The first-order chi connectivity index (χ1) is 17.7. The third kappa shape index (κ3) is 9.61. The number of alkyl halides is 3. The van der Waals surface area contributed by atoms with Gasteiger partial charge in [-0.1, -0.05) is 47.5 Å². The molecular formula is C26H33BrF3N3O4S. The monoisotopic (exact) mass is 619 g/mol. The van der Waals surface area contributed by atoms with Crippen LogP contribution in [0.25, 0.3) is 0 Å². The highest BCUT2D eigenvalue weighted by Crippen LogP contribution is 2.32. The smallest absolute Gasteiger partial charge is 0.354 e. The molecule has 0 aliphatic rings. The van der Waals surface area contributed by atoms with Gasteiger partial charge in [0.15, 0.2) is 0 Å². The number of sulfonamides is 1. The Hall–Kier alpha value is -2.60. The van der Waals surface area contributed by atoms with Crippen LogP contribution in [0.2, 0.25) is 0 Å². The Morgan fingerprint density at radius 3 is 2.32 bits per heavy atom. The van der Waals surface area contributed by atoms with Crippen LogP contribution in [0.4, 0.5) is 18.9 Å². The van der Waals surface area contributed by atoms with Crippen LogP contribution < -0.4 is 9.62 Å². The number of amides is 2. The Morgan fingerprint density at radius 2 is 1.74 bits per heavy atom. The highest BCUT2D eigenvalue weighted by Gasteiger charge is 2.32. The van der Waals surface area contributed by atoms with Crippen LogP contribution in [0.1, 0.15) is 50.7 Å². The molecule has 0 saturated heterocycles. The number of carbonyl (C=O) groups excluding carboxylic acids is 2. The molecule has 2 aromatic rings. The van der Waals surface area contributed by atoms with Crippen molar-refractivity contribution in [3.05, 3.63) is 64.1 Å². The van der Waals surface area contributed by atoms with Gasteiger partial charge in [0.05, 0.1) is 17.5 Å². The topological polar surface area (TPSA) is 86.8 Å². The highest BCUT2D eigenvalue weighted by molar-refractivity contribution is 9.10. The molecule has 0 bridgehead atoms. The first-order valence-electron chi connectivity index (χ1n) is 12.2. The summed E-state index contributed by atoms with van der Waals surface area (Å²) in [4.78, 5) is 27.4. The SMILES string of the molecule is CCCCNC(=O)[C@H](C)N(Cc1ccc(Br)cc1)C(=O)CCCN(c1cccc(C(F)(F)F)c1)S(C)(=O)=O. The lowest BCUT2D eigenvalue weighted by Crippen LogP contribution is -2.48. The van der Waals surface area contributed by atoms with Crippen LogP contribution in [0, 0.1) is 0 Å². The van der Waals surface area contributed by atoms with Crippen molar-refractivity contribution >= 4 is 43.5 Å². The molecule has 0 unspecified atom stereocenters. The van der Waals surface area contributed by atoms with Gasteiger partial charge in [0.2, 0.25) is 21.8 Å². The second-order valence-electron chi connectivity index (χ2n) is 8.96. The summed E-state index contributed by atoms with van der Waals surface area (Å²) in [6.07, 6.45) is -2.08. The third-order valence-electron chi connectivity index (χ3n) is 5.88. The van der Waals surface area contributed by atoms with E-state index in [2.05, 4.69) is 21.2 Å². The van der Waals surface area contributed by atoms with E-state index in [9.17, 15) is 31.2 Å². The van der Waals surface area contributed by atoms with Crippen molar-refractivity contribution in [2.75, 3.05) is 23.7 Å². The van der Waals surface area contributed by atoms with Crippen LogP contribution in [0.3, 0.4) is 0 Å². The molecule has 210 valence electrons. The molecule has 7 nitrogen and oxygen atoms in total. The zero-order valence-corrected chi connectivity index (χ0v) is 24.0. The highest BCUT2D eigenvalue weighted by atomic mass is 79.9. The summed E-state index contributed by atoms with van der Waals surface area (Å²) < 4.78 is 66.0. The van der Waals surface area contributed by atoms with Gasteiger partial charge in [0, 0.05) is 30.5 Å². The number of unbranched alkanes of at least 4 members (excludes halogenated alkanes) is 1. The van der Waals surface area contributed by atoms with Gasteiger partial charge in [0.1, 0.15) is 6.04 Å². The van der Waals surface area contributed by atoms with Crippen LogP contribution in [0.5, 0.6) is 0 Å². The third-order valence-corrected chi connectivity index (χ3v) is 7.60. The molecule has 0 radical (unpaired) electrons. The fourth-order valence-corrected chi connectivity index (χ4v) is 4.97. The second-order valence-corrected chi connectivity index (χ2v) is 11.8. The predicted molar refractivity (Wildman–Crippen MR) is 145 cm³/mol. The van der Waals surface area contributed by atoms with Crippen molar-refractivity contribution in [1.29, 1.82) is 0 Å². The molecule has 12 heteroatoms. The van der Waals surface area contributed by atoms with Gasteiger partial charge >= 0.3 is 6.18 Å². The standard InChI is InChI=1S/C26H33BrF3N3O4S/c1-4-5-15-31-25(35)19(2)32(18-20-11-13-22(27)14-12-20)24(34)10-7-16-33(38(3,36)37)23-9-6-8-21(17-23)26(28,29)30/h6,8-9,11-14,17,19H,4-5,7,10,15-16,18H2,1-3H3,(H,31,35)/t19-/m0/s1. The quantitative estimate of drug-likeness (QED) is 0.306. The van der Waals surface area contributed by atoms with E-state index in [-0.39, 0.29) is 43.4 Å². The normalized spacial score (nSPS) is 12.6. The number of rotatable bonds is 13. The lowest BCUT2D eigenvalue weighted by molar-refractivity contribution is -0.140. The molecule has 1 N–H and O–H groups in total. The van der Waals surface area contributed by atoms with E-state index < -0.39 is 27.8 Å². The minimum Gasteiger partial charge on any atom is -0.354 e. The van der Waals surface area contributed by atoms with E-state index in [4.69, 9.17) is 0 Å². The molecule has 1 atom stereocenters. The second kappa shape index (κ2) is 14.0. The number of hydrogen-bond acceptors (Lipinski definition) is 4. The van der Waals surface area contributed by atoms with Crippen molar-refractivity contribution in [3.8, 4) is 0 Å². The average molecular weight is 621 g/mol. The van der Waals surface area contributed by atoms with E-state index in [1.807, 2.05) is 31.2 Å². The zero-order valence-electron chi connectivity index (χ0n) is 21.6. The number of nitrogens with zero attached hydrogens (tertiary/aromatic N) is 2. The largest absolute Gasteiger partial charge is 0.416 e. The molecule has 0 spiro atoms. The molecule has 0 aromatic heterocycles. The van der Waals surface area contributed by atoms with Gasteiger partial charge in [-0.25, -0.2) is 8.42 Å². The number of hydrogen-bond donors (Lipinski definition) is 1. The van der Waals surface area contributed by atoms with Crippen LogP contribution >= 0.6 is 15.9 Å². The molecule has 0 aliphatic carbocycles. The Labute approximate surface area is 230 Å². The summed E-state index contributed by atoms with van der Waals surface area (Å²) in [7, 11) is -3.92. The van der Waals surface area contributed by atoms with Crippen LogP contribution in [-0.4, -0.2) is 50.5 Å². The fraction of sp³-hybridized carbons (Fsp3) is 0.462. The minimum absolute atomic E-state index is 0.0448. The predicted octanol–water partition coefficient (Wildman–Crippen LogP) is 5.35. The maximum atomic E-state index is 13.3. The molecule has 0 saturated carbocycles. The van der Waals surface area contributed by atoms with Gasteiger partial charge in [0.25, 0.3) is 0 Å². The van der Waals surface area contributed by atoms with E-state index in [0.717, 1.165) is 51.6 Å². The maximum absolute atomic E-state index is 13.3. The molecule has 0 aliphatic heterocycles. The van der Waals surface area contributed by atoms with E-state index in [0.29, 0.717) is 6.54 Å². The molecule has 0 heterocycles. The van der Waals surface area contributed by atoms with Crippen molar-refractivity contribution in [2.45, 2.75) is 58.3 Å². The lowest BCUT2D eigenvalue weighted by atomic mass is 10.1. The van der Waals surface area contributed by atoms with Gasteiger partial charge in [-0.3, -0.25) is 13.9 Å². The van der Waals surface area contributed by atoms with Crippen molar-refractivity contribution in [3.63, 3.8) is 0 Å².